The van der Waals surface area contributed by atoms with Crippen LogP contribution in [-0.4, -0.2) is 48.7 Å². The molecule has 4 aromatic heterocycles. The zero-order valence-corrected chi connectivity index (χ0v) is 25.4. The average Bonchev–Trinajstić information content (AvgIpc) is 3.44. The Labute approximate surface area is 255 Å². The molecule has 0 spiro atoms. The molecule has 2 N–H and O–H groups in total. The van der Waals surface area contributed by atoms with Gasteiger partial charge in [-0.25, -0.2) is 19.7 Å². The van der Waals surface area contributed by atoms with E-state index in [1.54, 1.807) is 29.0 Å². The van der Waals surface area contributed by atoms with Gasteiger partial charge in [0.15, 0.2) is 11.5 Å². The molecule has 0 unspecified atom stereocenters. The van der Waals surface area contributed by atoms with Gasteiger partial charge in [-0.15, -0.1) is 11.3 Å². The maximum atomic E-state index is 13.7. The number of hydrogen-bond acceptors (Lipinski definition) is 9. The number of benzene rings is 1. The molecule has 5 aromatic rings. The zero-order valence-electron chi connectivity index (χ0n) is 23.1. The summed E-state index contributed by atoms with van der Waals surface area (Å²) in [6.45, 7) is 5.30. The second kappa shape index (κ2) is 11.1. The molecule has 0 amide bonds. The van der Waals surface area contributed by atoms with Gasteiger partial charge in [-0.1, -0.05) is 17.7 Å². The quantitative estimate of drug-likeness (QED) is 0.168. The molecule has 1 atom stereocenters. The van der Waals surface area contributed by atoms with E-state index in [1.165, 1.54) is 6.07 Å². The van der Waals surface area contributed by atoms with Gasteiger partial charge in [0.1, 0.15) is 11.0 Å². The summed E-state index contributed by atoms with van der Waals surface area (Å²) in [5.41, 5.74) is 3.18. The van der Waals surface area contributed by atoms with Crippen molar-refractivity contribution in [2.75, 3.05) is 23.3 Å². The first-order valence-corrected chi connectivity index (χ1v) is 15.1. The lowest BCUT2D eigenvalue weighted by molar-refractivity contribution is 0.0691. The molecule has 5 heterocycles. The Kier molecular flexibility index (Phi) is 7.50. The summed E-state index contributed by atoms with van der Waals surface area (Å²) in [6, 6.07) is 8.53. The molecule has 10 nitrogen and oxygen atoms in total. The van der Waals surface area contributed by atoms with E-state index >= 15 is 0 Å². The first kappa shape index (κ1) is 28.3. The molecule has 13 heteroatoms. The highest BCUT2D eigenvalue weighted by Crippen LogP contribution is 2.35. The van der Waals surface area contributed by atoms with Crippen LogP contribution in [0.1, 0.15) is 59.2 Å². The molecule has 0 radical (unpaired) electrons. The second-order valence-corrected chi connectivity index (χ2v) is 12.1. The number of carbonyl (C=O) groups is 1. The minimum Gasteiger partial charge on any atom is -0.476 e. The molecular formula is C29H27Cl2N7O3S. The molecule has 6 rings (SSSR count). The minimum atomic E-state index is -1.19. The van der Waals surface area contributed by atoms with Crippen molar-refractivity contribution in [1.82, 2.24) is 24.5 Å². The van der Waals surface area contributed by atoms with Gasteiger partial charge in [0, 0.05) is 31.6 Å². The molecule has 42 heavy (non-hydrogen) atoms. The molecule has 0 saturated carbocycles. The van der Waals surface area contributed by atoms with Crippen LogP contribution in [0.2, 0.25) is 10.4 Å². The number of nitrogens with zero attached hydrogens (tertiary/aromatic N) is 6. The Morgan fingerprint density at radius 3 is 2.62 bits per heavy atom. The lowest BCUT2D eigenvalue weighted by atomic mass is 9.94. The van der Waals surface area contributed by atoms with Crippen LogP contribution < -0.4 is 15.8 Å². The minimum absolute atomic E-state index is 0.0657. The van der Waals surface area contributed by atoms with E-state index in [0.717, 1.165) is 58.9 Å². The number of piperidine rings is 1. The number of rotatable bonds is 6. The second-order valence-electron chi connectivity index (χ2n) is 10.5. The number of hydrogen-bond donors (Lipinski definition) is 2. The van der Waals surface area contributed by atoms with Gasteiger partial charge in [-0.3, -0.25) is 9.36 Å². The predicted octanol–water partition coefficient (Wildman–Crippen LogP) is 6.20. The van der Waals surface area contributed by atoms with Crippen molar-refractivity contribution >= 4 is 73.1 Å². The fourth-order valence-corrected chi connectivity index (χ4v) is 6.84. The number of anilines is 2. The summed E-state index contributed by atoms with van der Waals surface area (Å²) in [7, 11) is 1.78. The van der Waals surface area contributed by atoms with Crippen LogP contribution in [0.4, 0.5) is 11.5 Å². The highest BCUT2D eigenvalue weighted by Gasteiger charge is 2.28. The van der Waals surface area contributed by atoms with Crippen molar-refractivity contribution < 1.29 is 9.90 Å². The standard InChI is InChI=1S/C29H27Cl2N7O3S/c1-14-12-17(15(2)32-19-4-5-21(30)34-23(19)28(40)41)22-18(13-14)27(39)37(3)25(35-22)16-6-9-38(10-7-16)26-24-20(8-11-42-24)33-29(31)36-26/h4-5,8,11-13,15-16,32H,6-7,9-10H2,1-3H3,(H,40,41)/t15-/m1/s1. The Morgan fingerprint density at radius 2 is 1.88 bits per heavy atom. The largest absolute Gasteiger partial charge is 0.476 e. The summed E-state index contributed by atoms with van der Waals surface area (Å²) >= 11 is 13.8. The fraction of sp³-hybridized carbons (Fsp3) is 0.310. The number of aryl methyl sites for hydroxylation is 1. The Bertz CT molecular complexity index is 1920. The summed E-state index contributed by atoms with van der Waals surface area (Å²) in [6.07, 6.45) is 1.57. The van der Waals surface area contributed by atoms with Gasteiger partial charge in [-0.05, 0) is 73.5 Å². The van der Waals surface area contributed by atoms with Crippen LogP contribution in [0.15, 0.2) is 40.5 Å². The Hall–Kier alpha value is -3.80. The number of aromatic carboxylic acids is 1. The van der Waals surface area contributed by atoms with Gasteiger partial charge < -0.3 is 15.3 Å². The first-order valence-electron chi connectivity index (χ1n) is 13.4. The van der Waals surface area contributed by atoms with Gasteiger partial charge in [0.05, 0.1) is 32.8 Å². The van der Waals surface area contributed by atoms with Gasteiger partial charge in [0.2, 0.25) is 5.28 Å². The third-order valence-electron chi connectivity index (χ3n) is 7.71. The number of aromatic nitrogens is 5. The first-order chi connectivity index (χ1) is 20.1. The number of halogens is 2. The average molecular weight is 625 g/mol. The predicted molar refractivity (Wildman–Crippen MR) is 167 cm³/mol. The van der Waals surface area contributed by atoms with Crippen LogP contribution in [0.3, 0.4) is 0 Å². The summed E-state index contributed by atoms with van der Waals surface area (Å²) < 4.78 is 2.67. The molecule has 0 bridgehead atoms. The summed E-state index contributed by atoms with van der Waals surface area (Å²) in [5, 5.41) is 15.7. The molecule has 1 aromatic carbocycles. The van der Waals surface area contributed by atoms with Gasteiger partial charge in [0.25, 0.3) is 5.56 Å². The normalized spacial score (nSPS) is 14.9. The molecule has 1 aliphatic rings. The summed E-state index contributed by atoms with van der Waals surface area (Å²) in [5.74, 6) is 0.446. The fourth-order valence-electron chi connectivity index (χ4n) is 5.67. The van der Waals surface area contributed by atoms with Crippen molar-refractivity contribution in [2.45, 2.75) is 38.6 Å². The van der Waals surface area contributed by atoms with Crippen molar-refractivity contribution in [3.05, 3.63) is 79.1 Å². The number of carboxylic acids is 1. The van der Waals surface area contributed by atoms with E-state index < -0.39 is 5.97 Å². The topological polar surface area (TPSA) is 126 Å². The highest BCUT2D eigenvalue weighted by atomic mass is 35.5. The Morgan fingerprint density at radius 1 is 1.12 bits per heavy atom. The number of thiophene rings is 1. The SMILES string of the molecule is Cc1cc([C@@H](C)Nc2ccc(Cl)nc2C(=O)O)c2nc(C3CCN(c4nc(Cl)nc5ccsc45)CC3)n(C)c(=O)c2c1. The van der Waals surface area contributed by atoms with E-state index in [0.29, 0.717) is 16.6 Å². The van der Waals surface area contributed by atoms with Crippen molar-refractivity contribution in [1.29, 1.82) is 0 Å². The van der Waals surface area contributed by atoms with E-state index in [2.05, 4.69) is 25.2 Å². The van der Waals surface area contributed by atoms with Crippen molar-refractivity contribution in [3.63, 3.8) is 0 Å². The summed E-state index contributed by atoms with van der Waals surface area (Å²) in [4.78, 5) is 45.6. The number of carboxylic acid groups (broad SMARTS) is 1. The van der Waals surface area contributed by atoms with Crippen LogP contribution >= 0.6 is 34.5 Å². The maximum absolute atomic E-state index is 13.7. The van der Waals surface area contributed by atoms with Crippen LogP contribution in [0.5, 0.6) is 0 Å². The van der Waals surface area contributed by atoms with Crippen LogP contribution in [0, 0.1) is 6.92 Å². The lowest BCUT2D eigenvalue weighted by Gasteiger charge is -2.33. The number of fused-ring (bicyclic) bond motifs is 2. The molecule has 1 saturated heterocycles. The van der Waals surface area contributed by atoms with Gasteiger partial charge >= 0.3 is 5.97 Å². The van der Waals surface area contributed by atoms with Crippen LogP contribution in [0.25, 0.3) is 21.1 Å². The van der Waals surface area contributed by atoms with Crippen LogP contribution in [-0.2, 0) is 7.05 Å². The number of nitrogens with one attached hydrogen (secondary N) is 1. The zero-order chi connectivity index (χ0) is 29.7. The third-order valence-corrected chi connectivity index (χ3v) is 8.99. The molecular weight excluding hydrogens is 597 g/mol. The Balaban J connectivity index is 1.33. The third kappa shape index (κ3) is 5.16. The van der Waals surface area contributed by atoms with E-state index in [9.17, 15) is 14.7 Å². The monoisotopic (exact) mass is 623 g/mol. The highest BCUT2D eigenvalue weighted by molar-refractivity contribution is 7.17. The van der Waals surface area contributed by atoms with E-state index in [4.69, 9.17) is 28.2 Å². The van der Waals surface area contributed by atoms with E-state index in [1.807, 2.05) is 37.4 Å². The van der Waals surface area contributed by atoms with Crippen molar-refractivity contribution in [3.8, 4) is 0 Å². The number of pyridine rings is 1. The lowest BCUT2D eigenvalue weighted by Crippen LogP contribution is -2.36. The van der Waals surface area contributed by atoms with Crippen molar-refractivity contribution in [2.24, 2.45) is 7.05 Å². The smallest absolute Gasteiger partial charge is 0.356 e. The van der Waals surface area contributed by atoms with E-state index in [-0.39, 0.29) is 33.6 Å². The maximum Gasteiger partial charge on any atom is 0.356 e. The molecule has 1 fully saturated rings. The molecule has 216 valence electrons. The van der Waals surface area contributed by atoms with Gasteiger partial charge in [-0.2, -0.15) is 4.98 Å². The molecule has 0 aliphatic carbocycles. The molecule has 1 aliphatic heterocycles.